The summed E-state index contributed by atoms with van der Waals surface area (Å²) in [5.74, 6) is 4.95. The summed E-state index contributed by atoms with van der Waals surface area (Å²) in [6, 6.07) is 0. The molecule has 34 heavy (non-hydrogen) atoms. The molecular weight excluding hydrogens is 428 g/mol. The highest BCUT2D eigenvalue weighted by Crippen LogP contribution is 2.64. The number of esters is 3. The van der Waals surface area contributed by atoms with Crippen LogP contribution in [0.2, 0.25) is 0 Å². The zero-order chi connectivity index (χ0) is 24.4. The highest BCUT2D eigenvalue weighted by atomic mass is 16.6. The minimum atomic E-state index is -0.423. The number of carbonyl (C=O) groups excluding carboxylic acids is 3. The monoisotopic (exact) mass is 472 g/mol. The van der Waals surface area contributed by atoms with Crippen molar-refractivity contribution in [3.8, 4) is 0 Å². The molecule has 0 aromatic carbocycles. The van der Waals surface area contributed by atoms with Crippen molar-refractivity contribution in [3.05, 3.63) is 0 Å². The number of rotatable bonds is 3. The van der Waals surface area contributed by atoms with E-state index in [9.17, 15) is 14.4 Å². The smallest absolute Gasteiger partial charge is 0.320 e. The SMILES string of the molecule is CC1C2CC(C1C)C1(CC(=O)OC1=O)C2.CCC1(OC(=O)C2CC3CC2C(C)C3C)CCCC1. The third-order valence-corrected chi connectivity index (χ3v) is 11.8. The van der Waals surface area contributed by atoms with Gasteiger partial charge >= 0.3 is 17.9 Å². The Balaban J connectivity index is 0.000000145. The van der Waals surface area contributed by atoms with Gasteiger partial charge in [-0.2, -0.15) is 0 Å². The minimum absolute atomic E-state index is 0.103. The first-order chi connectivity index (χ1) is 16.1. The summed E-state index contributed by atoms with van der Waals surface area (Å²) >= 11 is 0. The molecule has 1 saturated heterocycles. The average molecular weight is 473 g/mol. The first-order valence-electron chi connectivity index (χ1n) is 14.1. The van der Waals surface area contributed by atoms with E-state index in [2.05, 4.69) is 34.6 Å². The Bertz CT molecular complexity index is 839. The van der Waals surface area contributed by atoms with Crippen LogP contribution in [-0.2, 0) is 23.9 Å². The Morgan fingerprint density at radius 2 is 1.62 bits per heavy atom. The lowest BCUT2D eigenvalue weighted by molar-refractivity contribution is -0.168. The van der Waals surface area contributed by atoms with Crippen LogP contribution in [0.3, 0.4) is 0 Å². The predicted molar refractivity (Wildman–Crippen MR) is 128 cm³/mol. The molecule has 1 spiro atoms. The van der Waals surface area contributed by atoms with Crippen molar-refractivity contribution in [1.82, 2.24) is 0 Å². The van der Waals surface area contributed by atoms with E-state index in [4.69, 9.17) is 9.47 Å². The molecule has 6 fully saturated rings. The van der Waals surface area contributed by atoms with E-state index in [0.717, 1.165) is 50.4 Å². The summed E-state index contributed by atoms with van der Waals surface area (Å²) in [7, 11) is 0. The molecule has 10 unspecified atom stereocenters. The molecule has 5 heteroatoms. The number of hydrogen-bond donors (Lipinski definition) is 0. The largest absolute Gasteiger partial charge is 0.459 e. The summed E-state index contributed by atoms with van der Waals surface area (Å²) in [5.41, 5.74) is -0.526. The lowest BCUT2D eigenvalue weighted by Gasteiger charge is -2.36. The Morgan fingerprint density at radius 1 is 0.941 bits per heavy atom. The summed E-state index contributed by atoms with van der Waals surface area (Å²) in [6.07, 6.45) is 10.3. The van der Waals surface area contributed by atoms with Gasteiger partial charge in [-0.1, -0.05) is 34.6 Å². The van der Waals surface area contributed by atoms with Crippen molar-refractivity contribution in [2.24, 2.45) is 58.7 Å². The molecule has 6 rings (SSSR count). The number of ether oxygens (including phenoxy) is 2. The second kappa shape index (κ2) is 8.62. The van der Waals surface area contributed by atoms with Gasteiger partial charge in [0.25, 0.3) is 0 Å². The fourth-order valence-corrected chi connectivity index (χ4v) is 9.23. The Kier molecular flexibility index (Phi) is 6.16. The van der Waals surface area contributed by atoms with E-state index < -0.39 is 5.41 Å². The molecule has 0 aromatic heterocycles. The summed E-state index contributed by atoms with van der Waals surface area (Å²) in [6.45, 7) is 11.3. The zero-order valence-corrected chi connectivity index (χ0v) is 21.8. The quantitative estimate of drug-likeness (QED) is 0.376. The van der Waals surface area contributed by atoms with Crippen molar-refractivity contribution in [2.75, 3.05) is 0 Å². The maximum Gasteiger partial charge on any atom is 0.320 e. The van der Waals surface area contributed by atoms with Crippen molar-refractivity contribution in [3.63, 3.8) is 0 Å². The third kappa shape index (κ3) is 3.66. The van der Waals surface area contributed by atoms with E-state index in [1.54, 1.807) is 0 Å². The van der Waals surface area contributed by atoms with Crippen LogP contribution in [0.4, 0.5) is 0 Å². The molecule has 1 heterocycles. The molecule has 5 aliphatic carbocycles. The molecule has 0 amide bonds. The van der Waals surface area contributed by atoms with Crippen LogP contribution in [0.25, 0.3) is 0 Å². The van der Waals surface area contributed by atoms with E-state index in [1.807, 2.05) is 0 Å². The average Bonchev–Trinajstić information content (AvgIpc) is 3.62. The van der Waals surface area contributed by atoms with Gasteiger partial charge < -0.3 is 9.47 Å². The highest BCUT2D eigenvalue weighted by molar-refractivity contribution is 5.98. The van der Waals surface area contributed by atoms with E-state index in [0.29, 0.717) is 41.9 Å². The van der Waals surface area contributed by atoms with Crippen LogP contribution < -0.4 is 0 Å². The number of cyclic esters (lactones) is 2. The van der Waals surface area contributed by atoms with Crippen LogP contribution >= 0.6 is 0 Å². The lowest BCUT2D eigenvalue weighted by Crippen LogP contribution is -2.38. The number of fused-ring (bicyclic) bond motifs is 5. The molecule has 0 N–H and O–H groups in total. The molecule has 5 saturated carbocycles. The van der Waals surface area contributed by atoms with Gasteiger partial charge in [-0.25, -0.2) is 0 Å². The van der Waals surface area contributed by atoms with Crippen LogP contribution in [-0.4, -0.2) is 23.5 Å². The predicted octanol–water partition coefficient (Wildman–Crippen LogP) is 5.94. The summed E-state index contributed by atoms with van der Waals surface area (Å²) in [5, 5.41) is 0. The second-order valence-corrected chi connectivity index (χ2v) is 13.0. The standard InChI is InChI=1S/C17H28O2.C12H16O3/c1-4-17(7-5-6-8-17)19-16(18)15-10-13-9-14(15)12(3)11(13)2;1-6-7(2)9-3-8(6)4-12(9)5-10(13)15-11(12)14/h11-15H,4-10H2,1-3H3;6-9H,3-5H2,1-2H3. The molecule has 0 aromatic rings. The minimum Gasteiger partial charge on any atom is -0.459 e. The topological polar surface area (TPSA) is 69.7 Å². The van der Waals surface area contributed by atoms with Crippen LogP contribution in [0.1, 0.15) is 98.8 Å². The van der Waals surface area contributed by atoms with Crippen molar-refractivity contribution in [1.29, 1.82) is 0 Å². The Hall–Kier alpha value is -1.39. The molecule has 4 bridgehead atoms. The summed E-state index contributed by atoms with van der Waals surface area (Å²) in [4.78, 5) is 35.6. The Labute approximate surface area is 205 Å². The second-order valence-electron chi connectivity index (χ2n) is 13.0. The zero-order valence-electron chi connectivity index (χ0n) is 21.8. The van der Waals surface area contributed by atoms with Crippen LogP contribution in [0.15, 0.2) is 0 Å². The van der Waals surface area contributed by atoms with E-state index in [1.165, 1.54) is 19.3 Å². The van der Waals surface area contributed by atoms with Gasteiger partial charge in [0.15, 0.2) is 0 Å². The van der Waals surface area contributed by atoms with Crippen molar-refractivity contribution in [2.45, 2.75) is 104 Å². The fraction of sp³-hybridized carbons (Fsp3) is 0.897. The molecule has 10 atom stereocenters. The maximum atomic E-state index is 12.6. The first kappa shape index (κ1) is 24.3. The van der Waals surface area contributed by atoms with Gasteiger partial charge in [0.2, 0.25) is 0 Å². The molecule has 0 radical (unpaired) electrons. The van der Waals surface area contributed by atoms with Gasteiger partial charge in [0.1, 0.15) is 5.60 Å². The van der Waals surface area contributed by atoms with E-state index in [-0.39, 0.29) is 29.4 Å². The van der Waals surface area contributed by atoms with E-state index >= 15 is 0 Å². The first-order valence-corrected chi connectivity index (χ1v) is 14.1. The maximum absolute atomic E-state index is 12.6. The number of hydrogen-bond acceptors (Lipinski definition) is 5. The molecule has 5 nitrogen and oxygen atoms in total. The molecule has 1 aliphatic heterocycles. The van der Waals surface area contributed by atoms with Gasteiger partial charge in [0, 0.05) is 0 Å². The van der Waals surface area contributed by atoms with Crippen molar-refractivity contribution >= 4 is 17.9 Å². The molecular formula is C29H44O5. The van der Waals surface area contributed by atoms with Crippen LogP contribution in [0, 0.1) is 58.7 Å². The highest BCUT2D eigenvalue weighted by Gasteiger charge is 2.65. The normalized spacial score (nSPS) is 47.7. The summed E-state index contributed by atoms with van der Waals surface area (Å²) < 4.78 is 10.8. The van der Waals surface area contributed by atoms with Crippen LogP contribution in [0.5, 0.6) is 0 Å². The fourth-order valence-electron chi connectivity index (χ4n) is 9.23. The van der Waals surface area contributed by atoms with Gasteiger partial charge in [-0.3, -0.25) is 14.4 Å². The molecule has 6 aliphatic rings. The third-order valence-electron chi connectivity index (χ3n) is 11.8. The lowest BCUT2D eigenvalue weighted by atomic mass is 9.65. The Morgan fingerprint density at radius 3 is 2.12 bits per heavy atom. The van der Waals surface area contributed by atoms with Gasteiger partial charge in [0.05, 0.1) is 17.8 Å². The molecule has 190 valence electrons. The van der Waals surface area contributed by atoms with Gasteiger partial charge in [-0.05, 0) is 105 Å². The van der Waals surface area contributed by atoms with Crippen molar-refractivity contribution < 1.29 is 23.9 Å². The van der Waals surface area contributed by atoms with Gasteiger partial charge in [-0.15, -0.1) is 0 Å². The number of carbonyl (C=O) groups is 3.